The molecule has 0 unspecified atom stereocenters. The summed E-state index contributed by atoms with van der Waals surface area (Å²) in [6, 6.07) is 15.1. The monoisotopic (exact) mass is 271 g/mol. The molecular weight excluding hydrogens is 262 g/mol. The maximum absolute atomic E-state index is 12.1. The number of halogens is 1. The molecule has 0 radical (unpaired) electrons. The lowest BCUT2D eigenvalue weighted by Gasteiger charge is -2.07. The standard InChI is InChI=1S/C15H10ClNO2/c16-14-12(8-9-19-14)15(18)17-13-7-3-5-10-4-1-2-6-11(10)13/h1-9H,(H,17,18). The van der Waals surface area contributed by atoms with Crippen LogP contribution in [-0.2, 0) is 0 Å². The zero-order chi connectivity index (χ0) is 13.2. The van der Waals surface area contributed by atoms with E-state index in [1.54, 1.807) is 6.07 Å². The molecule has 0 aliphatic heterocycles. The fourth-order valence-electron chi connectivity index (χ4n) is 1.98. The summed E-state index contributed by atoms with van der Waals surface area (Å²) in [6.45, 7) is 0. The number of anilines is 1. The molecule has 0 aliphatic carbocycles. The van der Waals surface area contributed by atoms with Crippen LogP contribution >= 0.6 is 11.6 Å². The Labute approximate surface area is 114 Å². The van der Waals surface area contributed by atoms with Crippen molar-refractivity contribution in [1.29, 1.82) is 0 Å². The van der Waals surface area contributed by atoms with Crippen LogP contribution < -0.4 is 5.32 Å². The Kier molecular flexibility index (Phi) is 2.97. The number of amides is 1. The third-order valence-corrected chi connectivity index (χ3v) is 3.19. The Morgan fingerprint density at radius 1 is 1.05 bits per heavy atom. The van der Waals surface area contributed by atoms with Gasteiger partial charge < -0.3 is 9.73 Å². The molecule has 0 fully saturated rings. The Morgan fingerprint density at radius 2 is 1.84 bits per heavy atom. The van der Waals surface area contributed by atoms with E-state index < -0.39 is 0 Å². The molecule has 0 bridgehead atoms. The minimum atomic E-state index is -0.282. The van der Waals surface area contributed by atoms with Gasteiger partial charge >= 0.3 is 0 Å². The third-order valence-electron chi connectivity index (χ3n) is 2.90. The Bertz CT molecular complexity index is 743. The van der Waals surface area contributed by atoms with Crippen molar-refractivity contribution in [2.24, 2.45) is 0 Å². The lowest BCUT2D eigenvalue weighted by atomic mass is 10.1. The number of furan rings is 1. The third kappa shape index (κ3) is 2.20. The fourth-order valence-corrected chi connectivity index (χ4v) is 2.18. The topological polar surface area (TPSA) is 42.2 Å². The highest BCUT2D eigenvalue weighted by molar-refractivity contribution is 6.32. The predicted octanol–water partition coefficient (Wildman–Crippen LogP) is 4.34. The van der Waals surface area contributed by atoms with Crippen molar-refractivity contribution < 1.29 is 9.21 Å². The summed E-state index contributed by atoms with van der Waals surface area (Å²) in [5.41, 5.74) is 1.08. The SMILES string of the molecule is O=C(Nc1cccc2ccccc12)c1ccoc1Cl. The molecular formula is C15H10ClNO2. The Balaban J connectivity index is 1.98. The lowest BCUT2D eigenvalue weighted by Crippen LogP contribution is -2.11. The second kappa shape index (κ2) is 4.78. The van der Waals surface area contributed by atoms with Crippen molar-refractivity contribution in [2.45, 2.75) is 0 Å². The summed E-state index contributed by atoms with van der Waals surface area (Å²) in [6.07, 6.45) is 1.39. The lowest BCUT2D eigenvalue weighted by molar-refractivity contribution is 0.102. The summed E-state index contributed by atoms with van der Waals surface area (Å²) in [5, 5.41) is 4.99. The fraction of sp³-hybridized carbons (Fsp3) is 0. The van der Waals surface area contributed by atoms with Gasteiger partial charge in [0, 0.05) is 11.1 Å². The number of rotatable bonds is 2. The first kappa shape index (κ1) is 11.8. The van der Waals surface area contributed by atoms with Gasteiger partial charge in [0.1, 0.15) is 0 Å². The second-order valence-corrected chi connectivity index (χ2v) is 4.43. The number of nitrogens with one attached hydrogen (secondary N) is 1. The minimum absolute atomic E-state index is 0.0951. The summed E-state index contributed by atoms with van der Waals surface area (Å²) >= 11 is 5.79. The Hall–Kier alpha value is -2.26. The molecule has 94 valence electrons. The maximum Gasteiger partial charge on any atom is 0.260 e. The summed E-state index contributed by atoms with van der Waals surface area (Å²) in [7, 11) is 0. The minimum Gasteiger partial charge on any atom is -0.452 e. The van der Waals surface area contributed by atoms with Crippen molar-refractivity contribution in [3.8, 4) is 0 Å². The second-order valence-electron chi connectivity index (χ2n) is 4.09. The van der Waals surface area contributed by atoms with E-state index in [0.717, 1.165) is 16.5 Å². The molecule has 2 aromatic carbocycles. The van der Waals surface area contributed by atoms with Gasteiger partial charge in [-0.15, -0.1) is 0 Å². The first-order valence-electron chi connectivity index (χ1n) is 5.78. The highest BCUT2D eigenvalue weighted by Gasteiger charge is 2.13. The van der Waals surface area contributed by atoms with Gasteiger partial charge in [-0.3, -0.25) is 4.79 Å². The van der Waals surface area contributed by atoms with Crippen LogP contribution in [-0.4, -0.2) is 5.91 Å². The van der Waals surface area contributed by atoms with Crippen molar-refractivity contribution in [1.82, 2.24) is 0 Å². The van der Waals surface area contributed by atoms with Gasteiger partial charge in [-0.1, -0.05) is 36.4 Å². The van der Waals surface area contributed by atoms with Crippen LogP contribution in [0, 0.1) is 0 Å². The van der Waals surface area contributed by atoms with Crippen molar-refractivity contribution in [3.05, 3.63) is 65.6 Å². The number of carbonyl (C=O) groups is 1. The number of hydrogen-bond donors (Lipinski definition) is 1. The smallest absolute Gasteiger partial charge is 0.260 e. The van der Waals surface area contributed by atoms with Crippen LogP contribution in [0.2, 0.25) is 5.22 Å². The average Bonchev–Trinajstić information content (AvgIpc) is 2.85. The predicted molar refractivity (Wildman–Crippen MR) is 75.6 cm³/mol. The zero-order valence-electron chi connectivity index (χ0n) is 9.89. The first-order valence-corrected chi connectivity index (χ1v) is 6.15. The molecule has 3 nitrogen and oxygen atoms in total. The molecule has 4 heteroatoms. The van der Waals surface area contributed by atoms with Crippen LogP contribution in [0.3, 0.4) is 0 Å². The van der Waals surface area contributed by atoms with Crippen LogP contribution in [0.1, 0.15) is 10.4 Å². The number of hydrogen-bond acceptors (Lipinski definition) is 2. The summed E-state index contributed by atoms with van der Waals surface area (Å²) < 4.78 is 4.92. The van der Waals surface area contributed by atoms with Crippen LogP contribution in [0.25, 0.3) is 10.8 Å². The molecule has 1 aromatic heterocycles. The highest BCUT2D eigenvalue weighted by Crippen LogP contribution is 2.24. The van der Waals surface area contributed by atoms with Gasteiger partial charge in [-0.2, -0.15) is 0 Å². The van der Waals surface area contributed by atoms with Crippen LogP contribution in [0.4, 0.5) is 5.69 Å². The molecule has 3 rings (SSSR count). The van der Waals surface area contributed by atoms with E-state index in [0.29, 0.717) is 5.56 Å². The van der Waals surface area contributed by atoms with E-state index in [9.17, 15) is 4.79 Å². The first-order chi connectivity index (χ1) is 9.25. The van der Waals surface area contributed by atoms with E-state index in [2.05, 4.69) is 5.32 Å². The van der Waals surface area contributed by atoms with Gasteiger partial charge in [0.25, 0.3) is 5.91 Å². The van der Waals surface area contributed by atoms with Gasteiger partial charge in [0.2, 0.25) is 5.22 Å². The van der Waals surface area contributed by atoms with Crippen molar-refractivity contribution in [3.63, 3.8) is 0 Å². The van der Waals surface area contributed by atoms with Crippen LogP contribution in [0.5, 0.6) is 0 Å². The molecule has 1 amide bonds. The highest BCUT2D eigenvalue weighted by atomic mass is 35.5. The summed E-state index contributed by atoms with van der Waals surface area (Å²) in [5.74, 6) is -0.282. The largest absolute Gasteiger partial charge is 0.452 e. The maximum atomic E-state index is 12.1. The van der Waals surface area contributed by atoms with Gasteiger partial charge in [-0.25, -0.2) is 0 Å². The summed E-state index contributed by atoms with van der Waals surface area (Å²) in [4.78, 5) is 12.1. The molecule has 19 heavy (non-hydrogen) atoms. The van der Waals surface area contributed by atoms with Crippen molar-refractivity contribution in [2.75, 3.05) is 5.32 Å². The molecule has 0 saturated heterocycles. The molecule has 0 spiro atoms. The van der Waals surface area contributed by atoms with Crippen LogP contribution in [0.15, 0.2) is 59.2 Å². The normalized spacial score (nSPS) is 10.6. The van der Waals surface area contributed by atoms with Gasteiger partial charge in [-0.05, 0) is 29.1 Å². The van der Waals surface area contributed by atoms with Gasteiger partial charge in [0.05, 0.1) is 11.8 Å². The number of carbonyl (C=O) groups excluding carboxylic acids is 1. The molecule has 1 heterocycles. The quantitative estimate of drug-likeness (QED) is 0.753. The van der Waals surface area contributed by atoms with E-state index in [-0.39, 0.29) is 11.1 Å². The van der Waals surface area contributed by atoms with E-state index in [4.69, 9.17) is 16.0 Å². The average molecular weight is 272 g/mol. The van der Waals surface area contributed by atoms with Gasteiger partial charge in [0.15, 0.2) is 0 Å². The molecule has 0 aliphatic rings. The van der Waals surface area contributed by atoms with E-state index in [1.807, 2.05) is 42.5 Å². The molecule has 0 saturated carbocycles. The molecule has 0 atom stereocenters. The van der Waals surface area contributed by atoms with E-state index >= 15 is 0 Å². The number of benzene rings is 2. The number of fused-ring (bicyclic) bond motifs is 1. The zero-order valence-corrected chi connectivity index (χ0v) is 10.6. The molecule has 1 N–H and O–H groups in total. The van der Waals surface area contributed by atoms with Crippen molar-refractivity contribution >= 4 is 34.0 Å². The Morgan fingerprint density at radius 3 is 2.63 bits per heavy atom. The molecule has 3 aromatic rings. The van der Waals surface area contributed by atoms with E-state index in [1.165, 1.54) is 6.26 Å².